The molecule has 0 aromatic carbocycles. The van der Waals surface area contributed by atoms with Gasteiger partial charge in [0.05, 0.1) is 17.6 Å². The number of hydrogen-bond donors (Lipinski definition) is 3. The van der Waals surface area contributed by atoms with Gasteiger partial charge in [0.2, 0.25) is 23.8 Å². The summed E-state index contributed by atoms with van der Waals surface area (Å²) in [5.74, 6) is 2.39. The Kier molecular flexibility index (Phi) is 5.75. The van der Waals surface area contributed by atoms with Crippen LogP contribution in [-0.4, -0.2) is 48.6 Å². The summed E-state index contributed by atoms with van der Waals surface area (Å²) in [6, 6.07) is 2.32. The van der Waals surface area contributed by atoms with E-state index >= 15 is 0 Å². The van der Waals surface area contributed by atoms with Crippen molar-refractivity contribution in [3.05, 3.63) is 41.4 Å². The summed E-state index contributed by atoms with van der Waals surface area (Å²) in [5.41, 5.74) is 2.57. The minimum absolute atomic E-state index is 0.176. The highest BCUT2D eigenvalue weighted by atomic mass is 19.1. The van der Waals surface area contributed by atoms with Crippen molar-refractivity contribution >= 4 is 29.3 Å². The normalized spacial score (nSPS) is 19.8. The monoisotopic (exact) mass is 477 g/mol. The van der Waals surface area contributed by atoms with Crippen LogP contribution in [0.4, 0.5) is 27.8 Å². The summed E-state index contributed by atoms with van der Waals surface area (Å²) in [4.78, 5) is 33.0. The second kappa shape index (κ2) is 9.20. The van der Waals surface area contributed by atoms with Crippen molar-refractivity contribution in [2.45, 2.75) is 69.7 Å². The highest BCUT2D eigenvalue weighted by Gasteiger charge is 2.34. The summed E-state index contributed by atoms with van der Waals surface area (Å²) < 4.78 is 13.1. The van der Waals surface area contributed by atoms with Gasteiger partial charge in [-0.3, -0.25) is 9.89 Å². The molecule has 2 aliphatic carbocycles. The van der Waals surface area contributed by atoms with Gasteiger partial charge in [0, 0.05) is 18.0 Å². The van der Waals surface area contributed by atoms with E-state index in [4.69, 9.17) is 9.97 Å². The first kappa shape index (κ1) is 21.9. The molecule has 3 aromatic rings. The van der Waals surface area contributed by atoms with Gasteiger partial charge in [-0.15, -0.1) is 5.10 Å². The number of aryl methyl sites for hydroxylation is 1. The number of carbonyl (C=O) groups excluding carboxylic acids is 1. The molecule has 35 heavy (non-hydrogen) atoms. The maximum Gasteiger partial charge on any atom is 0.247 e. The van der Waals surface area contributed by atoms with Crippen LogP contribution in [0.1, 0.15) is 67.9 Å². The summed E-state index contributed by atoms with van der Waals surface area (Å²) in [6.07, 6.45) is 10.4. The molecule has 1 amide bonds. The highest BCUT2D eigenvalue weighted by Crippen LogP contribution is 2.34. The molecule has 11 heteroatoms. The van der Waals surface area contributed by atoms with Gasteiger partial charge in [-0.1, -0.05) is 12.8 Å². The number of hydrogen-bond acceptors (Lipinski definition) is 8. The van der Waals surface area contributed by atoms with Crippen LogP contribution in [-0.2, 0) is 17.6 Å². The fourth-order valence-electron chi connectivity index (χ4n) is 5.42. The predicted octanol–water partition coefficient (Wildman–Crippen LogP) is 3.63. The largest absolute Gasteiger partial charge is 0.329 e. The molecule has 0 unspecified atom stereocenters. The van der Waals surface area contributed by atoms with E-state index in [1.165, 1.54) is 31.2 Å². The van der Waals surface area contributed by atoms with E-state index in [0.29, 0.717) is 42.3 Å². The van der Waals surface area contributed by atoms with E-state index in [0.717, 1.165) is 55.6 Å². The molecule has 1 saturated heterocycles. The molecule has 1 atom stereocenters. The summed E-state index contributed by atoms with van der Waals surface area (Å²) >= 11 is 0. The number of aromatic amines is 1. The molecule has 1 saturated carbocycles. The lowest BCUT2D eigenvalue weighted by atomic mass is 10.1. The fraction of sp³-hybridized carbons (Fsp3) is 0.500. The summed E-state index contributed by atoms with van der Waals surface area (Å²) in [6.45, 7) is 0.685. The van der Waals surface area contributed by atoms with E-state index in [-0.39, 0.29) is 5.91 Å². The molecule has 0 spiro atoms. The predicted molar refractivity (Wildman–Crippen MR) is 128 cm³/mol. The number of carbonyl (C=O) groups is 1. The minimum Gasteiger partial charge on any atom is -0.329 e. The van der Waals surface area contributed by atoms with E-state index in [1.54, 1.807) is 0 Å². The molecule has 4 heterocycles. The fourth-order valence-corrected chi connectivity index (χ4v) is 5.42. The molecule has 182 valence electrons. The van der Waals surface area contributed by atoms with Gasteiger partial charge < -0.3 is 15.5 Å². The first-order chi connectivity index (χ1) is 17.1. The van der Waals surface area contributed by atoms with Gasteiger partial charge in [0.15, 0.2) is 0 Å². The highest BCUT2D eigenvalue weighted by molar-refractivity contribution is 5.96. The molecule has 0 bridgehead atoms. The van der Waals surface area contributed by atoms with Gasteiger partial charge >= 0.3 is 0 Å². The zero-order chi connectivity index (χ0) is 23.8. The molecule has 3 N–H and O–H groups in total. The molecule has 0 radical (unpaired) electrons. The zero-order valence-corrected chi connectivity index (χ0v) is 19.4. The number of pyridine rings is 1. The third-order valence-corrected chi connectivity index (χ3v) is 7.20. The molecule has 2 fully saturated rings. The molecule has 3 aromatic heterocycles. The number of halogens is 1. The van der Waals surface area contributed by atoms with Crippen molar-refractivity contribution in [1.82, 2.24) is 30.1 Å². The van der Waals surface area contributed by atoms with Crippen molar-refractivity contribution in [1.29, 1.82) is 0 Å². The topological polar surface area (TPSA) is 125 Å². The van der Waals surface area contributed by atoms with Crippen LogP contribution < -0.4 is 15.5 Å². The lowest BCUT2D eigenvalue weighted by molar-refractivity contribution is -0.117. The van der Waals surface area contributed by atoms with Crippen LogP contribution in [0.5, 0.6) is 0 Å². The van der Waals surface area contributed by atoms with Crippen molar-refractivity contribution < 1.29 is 9.18 Å². The van der Waals surface area contributed by atoms with Crippen molar-refractivity contribution in [2.24, 2.45) is 0 Å². The number of H-pyrrole nitrogens is 1. The van der Waals surface area contributed by atoms with Crippen LogP contribution in [0, 0.1) is 5.95 Å². The lowest BCUT2D eigenvalue weighted by Crippen LogP contribution is -2.40. The van der Waals surface area contributed by atoms with Crippen molar-refractivity contribution in [3.63, 3.8) is 0 Å². The molecule has 10 nitrogen and oxygen atoms in total. The van der Waals surface area contributed by atoms with Crippen LogP contribution in [0.3, 0.4) is 0 Å². The van der Waals surface area contributed by atoms with Crippen molar-refractivity contribution in [3.8, 4) is 0 Å². The number of rotatable bonds is 6. The molecule has 6 rings (SSSR count). The second-order valence-corrected chi connectivity index (χ2v) is 9.51. The molecule has 3 aliphatic rings. The van der Waals surface area contributed by atoms with E-state index in [9.17, 15) is 9.18 Å². The minimum atomic E-state index is -0.584. The Balaban J connectivity index is 1.24. The molecule has 1 aliphatic heterocycles. The lowest BCUT2D eigenvalue weighted by Gasteiger charge is -2.25. The third-order valence-electron chi connectivity index (χ3n) is 7.20. The molecular weight excluding hydrogens is 449 g/mol. The Morgan fingerprint density at radius 1 is 1.06 bits per heavy atom. The maximum absolute atomic E-state index is 13.1. The Morgan fingerprint density at radius 2 is 1.94 bits per heavy atom. The SMILES string of the molecule is O=C(Nc1ccc(F)nc1)[C@H]1CCCN1c1nc2c(c(Nc3n[nH]c(C4CCCC4)n3)n1)CCC2. The van der Waals surface area contributed by atoms with Gasteiger partial charge in [0.25, 0.3) is 0 Å². The van der Waals surface area contributed by atoms with E-state index in [2.05, 4.69) is 30.8 Å². The van der Waals surface area contributed by atoms with E-state index < -0.39 is 12.0 Å². The van der Waals surface area contributed by atoms with Gasteiger partial charge in [-0.2, -0.15) is 14.4 Å². The van der Waals surface area contributed by atoms with Gasteiger partial charge in [-0.05, 0) is 57.1 Å². The maximum atomic E-state index is 13.1. The van der Waals surface area contributed by atoms with Gasteiger partial charge in [-0.25, -0.2) is 9.97 Å². The summed E-state index contributed by atoms with van der Waals surface area (Å²) in [5, 5.41) is 13.6. The smallest absolute Gasteiger partial charge is 0.247 e. The van der Waals surface area contributed by atoms with Crippen LogP contribution in [0.15, 0.2) is 18.3 Å². The number of anilines is 4. The molecular formula is C24H28FN9O. The second-order valence-electron chi connectivity index (χ2n) is 9.51. The van der Waals surface area contributed by atoms with Crippen LogP contribution in [0.2, 0.25) is 0 Å². The van der Waals surface area contributed by atoms with E-state index in [1.807, 2.05) is 4.90 Å². The van der Waals surface area contributed by atoms with Gasteiger partial charge in [0.1, 0.15) is 17.7 Å². The summed E-state index contributed by atoms with van der Waals surface area (Å²) in [7, 11) is 0. The average Bonchev–Trinajstić information content (AvgIpc) is 3.67. The number of fused-ring (bicyclic) bond motifs is 1. The van der Waals surface area contributed by atoms with Crippen LogP contribution in [0.25, 0.3) is 0 Å². The Labute approximate surface area is 202 Å². The number of nitrogens with one attached hydrogen (secondary N) is 3. The first-order valence-electron chi connectivity index (χ1n) is 12.4. The Hall–Kier alpha value is -3.63. The third kappa shape index (κ3) is 4.42. The zero-order valence-electron chi connectivity index (χ0n) is 19.4. The van der Waals surface area contributed by atoms with Crippen molar-refractivity contribution in [2.75, 3.05) is 22.1 Å². The Bertz CT molecular complexity index is 1220. The number of amides is 1. The number of aromatic nitrogens is 6. The standard InChI is InChI=1S/C24H28FN9O/c25-19-11-10-15(13-26-19)27-22(35)18-9-4-12-34(18)24-28-17-8-3-7-16(17)21(31-24)30-23-29-20(32-33-23)14-5-1-2-6-14/h10-11,13-14,18H,1-9,12H2,(H,27,35)(H2,28,29,30,31,32,33)/t18-/m1/s1. The first-order valence-corrected chi connectivity index (χ1v) is 12.4. The quantitative estimate of drug-likeness (QED) is 0.460. The average molecular weight is 478 g/mol. The van der Waals surface area contributed by atoms with Crippen LogP contribution >= 0.6 is 0 Å². The number of nitrogens with zero attached hydrogens (tertiary/aromatic N) is 6. The Morgan fingerprint density at radius 3 is 2.77 bits per heavy atom.